The molecule has 7 nitrogen and oxygen atoms in total. The second-order valence-corrected chi connectivity index (χ2v) is 3.09. The molecule has 1 rings (SSSR count). The maximum Gasteiger partial charge on any atom is 0.242 e. The molecule has 0 aromatic carbocycles. The van der Waals surface area contributed by atoms with Gasteiger partial charge in [0, 0.05) is 34.1 Å². The van der Waals surface area contributed by atoms with E-state index in [9.17, 15) is 4.79 Å². The van der Waals surface area contributed by atoms with Crippen molar-refractivity contribution in [1.82, 2.24) is 25.1 Å². The van der Waals surface area contributed by atoms with E-state index in [2.05, 4.69) is 20.8 Å². The van der Waals surface area contributed by atoms with Gasteiger partial charge in [-0.2, -0.15) is 0 Å². The van der Waals surface area contributed by atoms with E-state index < -0.39 is 0 Å². The van der Waals surface area contributed by atoms with Crippen molar-refractivity contribution in [3.05, 3.63) is 0 Å². The van der Waals surface area contributed by atoms with Gasteiger partial charge in [-0.15, -0.1) is 0 Å². The molecule has 0 aliphatic carbocycles. The second-order valence-electron chi connectivity index (χ2n) is 3.09. The van der Waals surface area contributed by atoms with Crippen molar-refractivity contribution < 1.29 is 4.79 Å². The number of aryl methyl sites for hydroxylation is 1. The molecule has 1 amide bonds. The lowest BCUT2D eigenvalue weighted by Crippen LogP contribution is -2.24. The lowest BCUT2D eigenvalue weighted by atomic mass is 10.4. The third-order valence-corrected chi connectivity index (χ3v) is 1.74. The Morgan fingerprint density at radius 3 is 2.79 bits per heavy atom. The topological polar surface area (TPSA) is 75.9 Å². The minimum Gasteiger partial charge on any atom is -0.353 e. The van der Waals surface area contributed by atoms with E-state index >= 15 is 0 Å². The van der Waals surface area contributed by atoms with Gasteiger partial charge in [-0.25, -0.2) is 4.68 Å². The van der Waals surface area contributed by atoms with Crippen molar-refractivity contribution in [2.24, 2.45) is 7.05 Å². The van der Waals surface area contributed by atoms with Crippen LogP contribution in [-0.2, 0) is 11.8 Å². The first kappa shape index (κ1) is 10.4. The van der Waals surface area contributed by atoms with Gasteiger partial charge >= 0.3 is 0 Å². The Balaban J connectivity index is 2.29. The molecule has 1 aromatic rings. The highest BCUT2D eigenvalue weighted by Gasteiger charge is 2.04. The highest BCUT2D eigenvalue weighted by Crippen LogP contribution is 1.96. The van der Waals surface area contributed by atoms with Crippen molar-refractivity contribution in [1.29, 1.82) is 0 Å². The van der Waals surface area contributed by atoms with E-state index in [0.717, 1.165) is 0 Å². The summed E-state index contributed by atoms with van der Waals surface area (Å²) in [6.45, 7) is 0.533. The zero-order valence-electron chi connectivity index (χ0n) is 8.56. The van der Waals surface area contributed by atoms with Gasteiger partial charge in [0.25, 0.3) is 0 Å². The molecule has 1 aromatic heterocycles. The van der Waals surface area contributed by atoms with E-state index in [-0.39, 0.29) is 5.91 Å². The highest BCUT2D eigenvalue weighted by molar-refractivity contribution is 5.75. The van der Waals surface area contributed by atoms with E-state index in [1.54, 1.807) is 26.0 Å². The fourth-order valence-corrected chi connectivity index (χ4v) is 0.884. The van der Waals surface area contributed by atoms with Gasteiger partial charge in [0.1, 0.15) is 0 Å². The average molecular weight is 198 g/mol. The molecule has 0 saturated carbocycles. The first-order valence-corrected chi connectivity index (χ1v) is 4.27. The van der Waals surface area contributed by atoms with Crippen LogP contribution in [-0.4, -0.2) is 51.7 Å². The molecule has 1 heterocycles. The van der Waals surface area contributed by atoms with Crippen LogP contribution >= 0.6 is 0 Å². The summed E-state index contributed by atoms with van der Waals surface area (Å²) in [5.41, 5.74) is 0. The molecule has 7 heteroatoms. The van der Waals surface area contributed by atoms with Gasteiger partial charge < -0.3 is 10.2 Å². The zero-order chi connectivity index (χ0) is 10.6. The van der Waals surface area contributed by atoms with E-state index in [0.29, 0.717) is 18.9 Å². The number of rotatable bonds is 4. The molecule has 0 spiro atoms. The van der Waals surface area contributed by atoms with Crippen LogP contribution in [0.15, 0.2) is 0 Å². The van der Waals surface area contributed by atoms with Crippen molar-refractivity contribution in [2.75, 3.05) is 26.0 Å². The highest BCUT2D eigenvalue weighted by atomic mass is 16.2. The maximum absolute atomic E-state index is 11.2. The fraction of sp³-hybridized carbons (Fsp3) is 0.714. The van der Waals surface area contributed by atoms with Crippen LogP contribution in [0.1, 0.15) is 6.42 Å². The van der Waals surface area contributed by atoms with Gasteiger partial charge in [-0.05, 0) is 10.4 Å². The van der Waals surface area contributed by atoms with Crippen molar-refractivity contribution in [3.63, 3.8) is 0 Å². The molecule has 0 radical (unpaired) electrons. The maximum atomic E-state index is 11.2. The van der Waals surface area contributed by atoms with Crippen LogP contribution in [0.2, 0.25) is 0 Å². The van der Waals surface area contributed by atoms with Crippen LogP contribution in [0.3, 0.4) is 0 Å². The summed E-state index contributed by atoms with van der Waals surface area (Å²) in [4.78, 5) is 12.7. The van der Waals surface area contributed by atoms with Crippen LogP contribution in [0.5, 0.6) is 0 Å². The lowest BCUT2D eigenvalue weighted by molar-refractivity contribution is -0.128. The number of amides is 1. The van der Waals surface area contributed by atoms with Crippen LogP contribution in [0.4, 0.5) is 5.95 Å². The van der Waals surface area contributed by atoms with Gasteiger partial charge in [0.15, 0.2) is 0 Å². The summed E-state index contributed by atoms with van der Waals surface area (Å²) in [5, 5.41) is 13.8. The molecule has 78 valence electrons. The third-order valence-electron chi connectivity index (χ3n) is 1.74. The predicted molar refractivity (Wildman–Crippen MR) is 50.6 cm³/mol. The molecule has 0 fully saturated rings. The number of hydrogen-bond acceptors (Lipinski definition) is 5. The Kier molecular flexibility index (Phi) is 3.38. The Morgan fingerprint density at radius 1 is 1.57 bits per heavy atom. The summed E-state index contributed by atoms with van der Waals surface area (Å²) in [7, 11) is 5.19. The first-order chi connectivity index (χ1) is 6.61. The Labute approximate surface area is 82.1 Å². The van der Waals surface area contributed by atoms with E-state index in [1.807, 2.05) is 0 Å². The van der Waals surface area contributed by atoms with E-state index in [4.69, 9.17) is 0 Å². The summed E-state index contributed by atoms with van der Waals surface area (Å²) in [6.07, 6.45) is 0.430. The first-order valence-electron chi connectivity index (χ1n) is 4.27. The van der Waals surface area contributed by atoms with Crippen molar-refractivity contribution in [2.45, 2.75) is 6.42 Å². The number of nitrogens with zero attached hydrogens (tertiary/aromatic N) is 5. The molecule has 0 aliphatic heterocycles. The smallest absolute Gasteiger partial charge is 0.242 e. The Hall–Kier alpha value is -1.66. The summed E-state index contributed by atoms with van der Waals surface area (Å²) in [6, 6.07) is 0. The monoisotopic (exact) mass is 198 g/mol. The number of nitrogens with one attached hydrogen (secondary N) is 1. The summed E-state index contributed by atoms with van der Waals surface area (Å²) < 4.78 is 1.51. The van der Waals surface area contributed by atoms with Gasteiger partial charge in [0.2, 0.25) is 11.9 Å². The van der Waals surface area contributed by atoms with Crippen molar-refractivity contribution >= 4 is 11.9 Å². The quantitative estimate of drug-likeness (QED) is 0.678. The zero-order valence-corrected chi connectivity index (χ0v) is 8.56. The number of carbonyl (C=O) groups excluding carboxylic acids is 1. The molecule has 14 heavy (non-hydrogen) atoms. The predicted octanol–water partition coefficient (Wildman–Crippen LogP) is -0.900. The summed E-state index contributed by atoms with van der Waals surface area (Å²) >= 11 is 0. The molecule has 0 aliphatic rings. The lowest BCUT2D eigenvalue weighted by Gasteiger charge is -2.09. The standard InChI is InChI=1S/C7H14N6O/c1-12(2)6(14)4-5-8-7-9-10-11-13(7)3/h4-5H2,1-3H3,(H,8,9,11). The number of carbonyl (C=O) groups is 1. The number of anilines is 1. The second kappa shape index (κ2) is 4.54. The van der Waals surface area contributed by atoms with Crippen LogP contribution < -0.4 is 5.32 Å². The molecule has 0 saturated heterocycles. The third kappa shape index (κ3) is 2.68. The average Bonchev–Trinajstić information content (AvgIpc) is 2.51. The fourth-order valence-electron chi connectivity index (χ4n) is 0.884. The van der Waals surface area contributed by atoms with Crippen LogP contribution in [0, 0.1) is 0 Å². The van der Waals surface area contributed by atoms with E-state index in [1.165, 1.54) is 4.68 Å². The molecular weight excluding hydrogens is 184 g/mol. The van der Waals surface area contributed by atoms with Crippen LogP contribution in [0.25, 0.3) is 0 Å². The normalized spacial score (nSPS) is 9.93. The number of hydrogen-bond donors (Lipinski definition) is 1. The van der Waals surface area contributed by atoms with Gasteiger partial charge in [-0.1, -0.05) is 5.10 Å². The minimum absolute atomic E-state index is 0.0765. The number of aromatic nitrogens is 4. The largest absolute Gasteiger partial charge is 0.353 e. The SMILES string of the molecule is CN(C)C(=O)CCNc1nnnn1C. The number of tetrazole rings is 1. The molecular formula is C7H14N6O. The summed E-state index contributed by atoms with van der Waals surface area (Å²) in [5.74, 6) is 0.643. The molecule has 0 atom stereocenters. The minimum atomic E-state index is 0.0765. The van der Waals surface area contributed by atoms with Gasteiger partial charge in [-0.3, -0.25) is 4.79 Å². The van der Waals surface area contributed by atoms with Gasteiger partial charge in [0.05, 0.1) is 0 Å². The molecule has 0 unspecified atom stereocenters. The Bertz CT molecular complexity index is 307. The Morgan fingerprint density at radius 2 is 2.29 bits per heavy atom. The molecule has 0 bridgehead atoms. The van der Waals surface area contributed by atoms with Crippen molar-refractivity contribution in [3.8, 4) is 0 Å². The molecule has 1 N–H and O–H groups in total.